The molecule has 4 nitrogen and oxygen atoms in total. The van der Waals surface area contributed by atoms with E-state index in [-0.39, 0.29) is 11.9 Å². The molecule has 1 atom stereocenters. The van der Waals surface area contributed by atoms with Gasteiger partial charge in [0.1, 0.15) is 0 Å². The van der Waals surface area contributed by atoms with Crippen LogP contribution in [0.25, 0.3) is 0 Å². The van der Waals surface area contributed by atoms with Crippen molar-refractivity contribution in [1.29, 1.82) is 0 Å². The van der Waals surface area contributed by atoms with Gasteiger partial charge in [0.2, 0.25) is 0 Å². The van der Waals surface area contributed by atoms with Gasteiger partial charge in [-0.3, -0.25) is 4.79 Å². The summed E-state index contributed by atoms with van der Waals surface area (Å²) in [5, 5.41) is 0. The Labute approximate surface area is 157 Å². The molecular formula is C21H23NO3S. The molecule has 2 aliphatic heterocycles. The van der Waals surface area contributed by atoms with Crippen LogP contribution in [0.1, 0.15) is 57.4 Å². The Morgan fingerprint density at radius 2 is 1.92 bits per heavy atom. The molecule has 1 aromatic carbocycles. The van der Waals surface area contributed by atoms with Crippen LogP contribution in [-0.2, 0) is 12.8 Å². The van der Waals surface area contributed by atoms with E-state index in [1.807, 2.05) is 6.07 Å². The number of hydrogen-bond donors (Lipinski definition) is 0. The van der Waals surface area contributed by atoms with Gasteiger partial charge in [-0.25, -0.2) is 0 Å². The minimum atomic E-state index is 0.136. The van der Waals surface area contributed by atoms with Gasteiger partial charge in [0.25, 0.3) is 5.91 Å². The first kappa shape index (κ1) is 16.2. The SMILES string of the molecule is O=C(c1cc2c(s1)CCC2)N1CCCC1c1ccc2c(c1)OCCCO2. The van der Waals surface area contributed by atoms with E-state index in [2.05, 4.69) is 23.1 Å². The molecule has 5 heteroatoms. The smallest absolute Gasteiger partial charge is 0.264 e. The van der Waals surface area contributed by atoms with Crippen LogP contribution in [0.15, 0.2) is 24.3 Å². The van der Waals surface area contributed by atoms with E-state index in [0.717, 1.165) is 60.6 Å². The maximum Gasteiger partial charge on any atom is 0.264 e. The summed E-state index contributed by atoms with van der Waals surface area (Å²) in [7, 11) is 0. The molecule has 1 saturated heterocycles. The summed E-state index contributed by atoms with van der Waals surface area (Å²) >= 11 is 1.70. The lowest BCUT2D eigenvalue weighted by Crippen LogP contribution is -2.30. The zero-order valence-corrected chi connectivity index (χ0v) is 15.6. The van der Waals surface area contributed by atoms with Crippen molar-refractivity contribution in [2.45, 2.75) is 44.6 Å². The molecule has 3 aliphatic rings. The van der Waals surface area contributed by atoms with Crippen molar-refractivity contribution >= 4 is 17.2 Å². The number of amides is 1. The number of likely N-dealkylation sites (tertiary alicyclic amines) is 1. The van der Waals surface area contributed by atoms with Crippen LogP contribution in [0.5, 0.6) is 11.5 Å². The summed E-state index contributed by atoms with van der Waals surface area (Å²) in [4.78, 5) is 17.5. The van der Waals surface area contributed by atoms with Gasteiger partial charge < -0.3 is 14.4 Å². The highest BCUT2D eigenvalue weighted by Crippen LogP contribution is 2.39. The van der Waals surface area contributed by atoms with E-state index in [4.69, 9.17) is 9.47 Å². The second-order valence-corrected chi connectivity index (χ2v) is 8.46. The fourth-order valence-corrected chi connectivity index (χ4v) is 5.53. The van der Waals surface area contributed by atoms with Crippen molar-refractivity contribution in [2.75, 3.05) is 19.8 Å². The molecule has 1 fully saturated rings. The van der Waals surface area contributed by atoms with Crippen LogP contribution < -0.4 is 9.47 Å². The van der Waals surface area contributed by atoms with Gasteiger partial charge in [-0.15, -0.1) is 11.3 Å². The number of thiophene rings is 1. The first-order valence-corrected chi connectivity index (χ1v) is 10.4. The van der Waals surface area contributed by atoms with Gasteiger partial charge in [0, 0.05) is 17.8 Å². The van der Waals surface area contributed by atoms with Crippen LogP contribution in [0.4, 0.5) is 0 Å². The van der Waals surface area contributed by atoms with Crippen LogP contribution in [-0.4, -0.2) is 30.6 Å². The summed E-state index contributed by atoms with van der Waals surface area (Å²) in [6.07, 6.45) is 6.47. The highest BCUT2D eigenvalue weighted by atomic mass is 32.1. The fourth-order valence-electron chi connectivity index (χ4n) is 4.32. The minimum Gasteiger partial charge on any atom is -0.490 e. The predicted octanol–water partition coefficient (Wildman–Crippen LogP) is 4.38. The quantitative estimate of drug-likeness (QED) is 0.789. The third kappa shape index (κ3) is 2.78. The molecule has 0 bridgehead atoms. The Morgan fingerprint density at radius 3 is 2.81 bits per heavy atom. The van der Waals surface area contributed by atoms with Crippen molar-refractivity contribution in [3.63, 3.8) is 0 Å². The summed E-state index contributed by atoms with van der Waals surface area (Å²) in [6.45, 7) is 2.22. The Bertz CT molecular complexity index is 822. The van der Waals surface area contributed by atoms with Crippen LogP contribution >= 0.6 is 11.3 Å². The number of rotatable bonds is 2. The zero-order valence-electron chi connectivity index (χ0n) is 14.8. The summed E-state index contributed by atoms with van der Waals surface area (Å²) < 4.78 is 11.6. The molecule has 1 aromatic heterocycles. The molecular weight excluding hydrogens is 346 g/mol. The number of ether oxygens (including phenoxy) is 2. The predicted molar refractivity (Wildman–Crippen MR) is 101 cm³/mol. The van der Waals surface area contributed by atoms with Crippen LogP contribution in [0.3, 0.4) is 0 Å². The Balaban J connectivity index is 1.41. The molecule has 1 aliphatic carbocycles. The Kier molecular flexibility index (Phi) is 4.12. The molecule has 136 valence electrons. The molecule has 0 N–H and O–H groups in total. The lowest BCUT2D eigenvalue weighted by Gasteiger charge is -2.25. The van der Waals surface area contributed by atoms with Gasteiger partial charge in [-0.1, -0.05) is 6.07 Å². The number of benzene rings is 1. The molecule has 0 saturated carbocycles. The average molecular weight is 369 g/mol. The highest BCUT2D eigenvalue weighted by Gasteiger charge is 2.32. The van der Waals surface area contributed by atoms with Crippen molar-refractivity contribution in [3.8, 4) is 11.5 Å². The summed E-state index contributed by atoms with van der Waals surface area (Å²) in [6, 6.07) is 8.44. The van der Waals surface area contributed by atoms with Gasteiger partial charge in [0.15, 0.2) is 11.5 Å². The molecule has 5 rings (SSSR count). The number of aryl methyl sites for hydroxylation is 2. The second-order valence-electron chi connectivity index (χ2n) is 7.33. The van der Waals surface area contributed by atoms with Gasteiger partial charge >= 0.3 is 0 Å². The second kappa shape index (κ2) is 6.62. The third-order valence-corrected chi connectivity index (χ3v) is 6.85. The molecule has 26 heavy (non-hydrogen) atoms. The van der Waals surface area contributed by atoms with E-state index in [0.29, 0.717) is 13.2 Å². The Hall–Kier alpha value is -2.01. The van der Waals surface area contributed by atoms with Gasteiger partial charge in [0.05, 0.1) is 24.1 Å². The van der Waals surface area contributed by atoms with Crippen molar-refractivity contribution < 1.29 is 14.3 Å². The van der Waals surface area contributed by atoms with E-state index in [9.17, 15) is 4.79 Å². The van der Waals surface area contributed by atoms with Gasteiger partial charge in [-0.2, -0.15) is 0 Å². The largest absolute Gasteiger partial charge is 0.490 e. The molecule has 3 heterocycles. The summed E-state index contributed by atoms with van der Waals surface area (Å²) in [5.41, 5.74) is 2.55. The van der Waals surface area contributed by atoms with E-state index in [1.165, 1.54) is 16.9 Å². The number of carbonyl (C=O) groups is 1. The van der Waals surface area contributed by atoms with Crippen LogP contribution in [0, 0.1) is 0 Å². The maximum atomic E-state index is 13.2. The lowest BCUT2D eigenvalue weighted by atomic mass is 10.0. The maximum absolute atomic E-state index is 13.2. The number of hydrogen-bond acceptors (Lipinski definition) is 4. The van der Waals surface area contributed by atoms with E-state index >= 15 is 0 Å². The molecule has 2 aromatic rings. The lowest BCUT2D eigenvalue weighted by molar-refractivity contribution is 0.0740. The number of carbonyl (C=O) groups excluding carboxylic acids is 1. The average Bonchev–Trinajstić information content (AvgIpc) is 3.33. The Morgan fingerprint density at radius 1 is 1.04 bits per heavy atom. The third-order valence-electron chi connectivity index (χ3n) is 5.63. The first-order chi connectivity index (χ1) is 12.8. The first-order valence-electron chi connectivity index (χ1n) is 9.62. The normalized spacial score (nSPS) is 21.5. The molecule has 0 spiro atoms. The van der Waals surface area contributed by atoms with E-state index in [1.54, 1.807) is 11.3 Å². The van der Waals surface area contributed by atoms with Crippen molar-refractivity contribution in [3.05, 3.63) is 45.1 Å². The monoisotopic (exact) mass is 369 g/mol. The van der Waals surface area contributed by atoms with Crippen molar-refractivity contribution in [1.82, 2.24) is 4.90 Å². The van der Waals surface area contributed by atoms with Crippen molar-refractivity contribution in [2.24, 2.45) is 0 Å². The zero-order chi connectivity index (χ0) is 17.5. The standard InChI is InChI=1S/C21H23NO3S/c23-21(20-13-15-4-1-6-19(15)26-20)22-9-2-5-16(22)14-7-8-17-18(12-14)25-11-3-10-24-17/h7-8,12-13,16H,1-6,9-11H2. The molecule has 1 unspecified atom stereocenters. The summed E-state index contributed by atoms with van der Waals surface area (Å²) in [5.74, 6) is 1.82. The fraction of sp³-hybridized carbons (Fsp3) is 0.476. The molecule has 0 radical (unpaired) electrons. The molecule has 1 amide bonds. The number of fused-ring (bicyclic) bond motifs is 2. The van der Waals surface area contributed by atoms with Crippen LogP contribution in [0.2, 0.25) is 0 Å². The number of nitrogens with zero attached hydrogens (tertiary/aromatic N) is 1. The highest BCUT2D eigenvalue weighted by molar-refractivity contribution is 7.14. The topological polar surface area (TPSA) is 38.8 Å². The van der Waals surface area contributed by atoms with E-state index < -0.39 is 0 Å². The van der Waals surface area contributed by atoms with Gasteiger partial charge in [-0.05, 0) is 61.4 Å². The minimum absolute atomic E-state index is 0.136.